The third-order valence-electron chi connectivity index (χ3n) is 3.20. The first-order chi connectivity index (χ1) is 8.67. The standard InChI is InChI=1S/C13H18N2O3/c1-3-9-8-11-12(16)10(13(17)18-4-2)6-5-7-15(11)14-9/h8,10H,3-7H2,1-2H3. The van der Waals surface area contributed by atoms with Gasteiger partial charge in [0.2, 0.25) is 0 Å². The molecule has 0 N–H and O–H groups in total. The first kappa shape index (κ1) is 12.8. The summed E-state index contributed by atoms with van der Waals surface area (Å²) in [6.45, 7) is 4.74. The Morgan fingerprint density at radius 2 is 2.33 bits per heavy atom. The zero-order chi connectivity index (χ0) is 13.1. The fourth-order valence-electron chi connectivity index (χ4n) is 2.23. The number of aromatic nitrogens is 2. The Balaban J connectivity index is 2.28. The summed E-state index contributed by atoms with van der Waals surface area (Å²) in [5, 5.41) is 4.36. The molecule has 5 heteroatoms. The van der Waals surface area contributed by atoms with Crippen LogP contribution in [0, 0.1) is 5.92 Å². The van der Waals surface area contributed by atoms with E-state index in [1.165, 1.54) is 0 Å². The molecule has 0 radical (unpaired) electrons. The fraction of sp³-hybridized carbons (Fsp3) is 0.615. The maximum Gasteiger partial charge on any atom is 0.316 e. The van der Waals surface area contributed by atoms with Crippen LogP contribution in [0.15, 0.2) is 6.07 Å². The number of rotatable bonds is 3. The van der Waals surface area contributed by atoms with Crippen molar-refractivity contribution in [3.05, 3.63) is 17.5 Å². The highest BCUT2D eigenvalue weighted by Crippen LogP contribution is 2.22. The largest absolute Gasteiger partial charge is 0.465 e. The highest BCUT2D eigenvalue weighted by atomic mass is 16.5. The summed E-state index contributed by atoms with van der Waals surface area (Å²) in [7, 11) is 0. The van der Waals surface area contributed by atoms with Crippen LogP contribution < -0.4 is 0 Å². The lowest BCUT2D eigenvalue weighted by atomic mass is 9.97. The van der Waals surface area contributed by atoms with Gasteiger partial charge in [-0.2, -0.15) is 5.10 Å². The minimum atomic E-state index is -0.660. The summed E-state index contributed by atoms with van der Waals surface area (Å²) in [5.74, 6) is -1.22. The summed E-state index contributed by atoms with van der Waals surface area (Å²) in [5.41, 5.74) is 1.44. The second-order valence-electron chi connectivity index (χ2n) is 4.41. The second-order valence-corrected chi connectivity index (χ2v) is 4.41. The van der Waals surface area contributed by atoms with Crippen molar-refractivity contribution >= 4 is 11.8 Å². The molecule has 2 heterocycles. The van der Waals surface area contributed by atoms with E-state index in [0.717, 1.165) is 18.5 Å². The molecule has 1 unspecified atom stereocenters. The summed E-state index contributed by atoms with van der Waals surface area (Å²) >= 11 is 0. The SMILES string of the molecule is CCOC(=O)C1CCCn2nc(CC)cc2C1=O. The number of hydrogen-bond donors (Lipinski definition) is 0. The lowest BCUT2D eigenvalue weighted by Crippen LogP contribution is -2.26. The van der Waals surface area contributed by atoms with Crippen molar-refractivity contribution in [2.75, 3.05) is 6.61 Å². The number of carbonyl (C=O) groups is 2. The van der Waals surface area contributed by atoms with Gasteiger partial charge < -0.3 is 4.74 Å². The van der Waals surface area contributed by atoms with Crippen LogP contribution in [-0.4, -0.2) is 28.1 Å². The zero-order valence-corrected chi connectivity index (χ0v) is 10.8. The van der Waals surface area contributed by atoms with Gasteiger partial charge in [0.15, 0.2) is 5.78 Å². The first-order valence-corrected chi connectivity index (χ1v) is 6.45. The molecule has 0 aromatic carbocycles. The summed E-state index contributed by atoms with van der Waals surface area (Å²) in [4.78, 5) is 24.1. The molecule has 1 aromatic rings. The van der Waals surface area contributed by atoms with Crippen molar-refractivity contribution in [2.24, 2.45) is 5.92 Å². The van der Waals surface area contributed by atoms with Gasteiger partial charge >= 0.3 is 5.97 Å². The predicted octanol–water partition coefficient (Wildman–Crippen LogP) is 1.60. The van der Waals surface area contributed by atoms with Crippen LogP contribution in [0.2, 0.25) is 0 Å². The third-order valence-corrected chi connectivity index (χ3v) is 3.20. The normalized spacial score (nSPS) is 19.2. The van der Waals surface area contributed by atoms with Crippen LogP contribution in [0.3, 0.4) is 0 Å². The quantitative estimate of drug-likeness (QED) is 0.604. The van der Waals surface area contributed by atoms with Gasteiger partial charge in [-0.3, -0.25) is 14.3 Å². The number of Topliss-reactive ketones (excluding diaryl/α,β-unsaturated/α-hetero) is 1. The van der Waals surface area contributed by atoms with Crippen LogP contribution in [0.25, 0.3) is 0 Å². The predicted molar refractivity (Wildman–Crippen MR) is 65.3 cm³/mol. The number of ketones is 1. The number of aryl methyl sites for hydroxylation is 2. The zero-order valence-electron chi connectivity index (χ0n) is 10.8. The number of ether oxygens (including phenoxy) is 1. The molecule has 0 spiro atoms. The van der Waals surface area contributed by atoms with Gasteiger partial charge in [0.25, 0.3) is 0 Å². The lowest BCUT2D eigenvalue weighted by Gasteiger charge is -2.10. The summed E-state index contributed by atoms with van der Waals surface area (Å²) < 4.78 is 6.69. The Bertz CT molecular complexity index is 465. The highest BCUT2D eigenvalue weighted by molar-refractivity contribution is 6.07. The van der Waals surface area contributed by atoms with E-state index in [4.69, 9.17) is 4.74 Å². The third kappa shape index (κ3) is 2.30. The van der Waals surface area contributed by atoms with Crippen LogP contribution in [-0.2, 0) is 22.5 Å². The Kier molecular flexibility index (Phi) is 3.79. The molecule has 0 aliphatic carbocycles. The van der Waals surface area contributed by atoms with E-state index >= 15 is 0 Å². The van der Waals surface area contributed by atoms with Gasteiger partial charge in [-0.05, 0) is 32.3 Å². The molecular formula is C13H18N2O3. The van der Waals surface area contributed by atoms with Gasteiger partial charge in [0, 0.05) is 6.54 Å². The molecule has 2 rings (SSSR count). The van der Waals surface area contributed by atoms with E-state index in [2.05, 4.69) is 5.10 Å². The molecule has 18 heavy (non-hydrogen) atoms. The van der Waals surface area contributed by atoms with Crippen molar-refractivity contribution in [3.8, 4) is 0 Å². The first-order valence-electron chi connectivity index (χ1n) is 6.45. The Morgan fingerprint density at radius 1 is 1.56 bits per heavy atom. The number of hydrogen-bond acceptors (Lipinski definition) is 4. The van der Waals surface area contributed by atoms with Gasteiger partial charge in [-0.25, -0.2) is 0 Å². The van der Waals surface area contributed by atoms with Gasteiger partial charge in [0.1, 0.15) is 11.6 Å². The van der Waals surface area contributed by atoms with Crippen LogP contribution in [0.4, 0.5) is 0 Å². The van der Waals surface area contributed by atoms with Crippen molar-refractivity contribution in [1.29, 1.82) is 0 Å². The lowest BCUT2D eigenvalue weighted by molar-refractivity contribution is -0.146. The van der Waals surface area contributed by atoms with Crippen molar-refractivity contribution in [1.82, 2.24) is 9.78 Å². The number of fused-ring (bicyclic) bond motifs is 1. The minimum Gasteiger partial charge on any atom is -0.465 e. The van der Waals surface area contributed by atoms with Gasteiger partial charge in [0.05, 0.1) is 12.3 Å². The van der Waals surface area contributed by atoms with Crippen molar-refractivity contribution < 1.29 is 14.3 Å². The van der Waals surface area contributed by atoms with E-state index < -0.39 is 11.9 Å². The second kappa shape index (κ2) is 5.33. The average Bonchev–Trinajstić information content (AvgIpc) is 2.71. The molecule has 0 bridgehead atoms. The molecule has 1 aliphatic heterocycles. The van der Waals surface area contributed by atoms with E-state index in [-0.39, 0.29) is 5.78 Å². The van der Waals surface area contributed by atoms with Gasteiger partial charge in [-0.1, -0.05) is 6.92 Å². The fourth-order valence-corrected chi connectivity index (χ4v) is 2.23. The maximum atomic E-state index is 12.3. The molecule has 1 aliphatic rings. The molecule has 0 saturated heterocycles. The van der Waals surface area contributed by atoms with Crippen molar-refractivity contribution in [2.45, 2.75) is 39.7 Å². The number of nitrogens with zero attached hydrogens (tertiary/aromatic N) is 2. The Morgan fingerprint density at radius 3 is 3.00 bits per heavy atom. The molecule has 0 saturated carbocycles. The van der Waals surface area contributed by atoms with E-state index in [9.17, 15) is 9.59 Å². The monoisotopic (exact) mass is 250 g/mol. The smallest absolute Gasteiger partial charge is 0.316 e. The number of carbonyl (C=O) groups excluding carboxylic acids is 2. The van der Waals surface area contributed by atoms with Gasteiger partial charge in [-0.15, -0.1) is 0 Å². The summed E-state index contributed by atoms with van der Waals surface area (Å²) in [6.07, 6.45) is 2.10. The molecule has 5 nitrogen and oxygen atoms in total. The maximum absolute atomic E-state index is 12.3. The molecule has 0 fully saturated rings. The molecule has 1 atom stereocenters. The Hall–Kier alpha value is -1.65. The minimum absolute atomic E-state index is 0.154. The van der Waals surface area contributed by atoms with Crippen LogP contribution in [0.1, 0.15) is 42.9 Å². The Labute approximate surface area is 106 Å². The van der Waals surface area contributed by atoms with Crippen LogP contribution >= 0.6 is 0 Å². The highest BCUT2D eigenvalue weighted by Gasteiger charge is 2.33. The van der Waals surface area contributed by atoms with E-state index in [1.807, 2.05) is 6.92 Å². The molecule has 98 valence electrons. The van der Waals surface area contributed by atoms with E-state index in [0.29, 0.717) is 25.3 Å². The number of esters is 1. The molecule has 1 aromatic heterocycles. The van der Waals surface area contributed by atoms with Crippen molar-refractivity contribution in [3.63, 3.8) is 0 Å². The topological polar surface area (TPSA) is 61.2 Å². The molecular weight excluding hydrogens is 232 g/mol. The average molecular weight is 250 g/mol. The van der Waals surface area contributed by atoms with Crippen LogP contribution in [0.5, 0.6) is 0 Å². The molecule has 0 amide bonds. The summed E-state index contributed by atoms with van der Waals surface area (Å²) in [6, 6.07) is 1.79. The van der Waals surface area contributed by atoms with E-state index in [1.54, 1.807) is 17.7 Å².